The molecule has 1 aliphatic rings. The van der Waals surface area contributed by atoms with Crippen molar-refractivity contribution in [2.24, 2.45) is 0 Å². The zero-order valence-electron chi connectivity index (χ0n) is 14.3. The second kappa shape index (κ2) is 6.57. The Morgan fingerprint density at radius 3 is 2.84 bits per heavy atom. The van der Waals surface area contributed by atoms with Gasteiger partial charge in [-0.1, -0.05) is 0 Å². The predicted molar refractivity (Wildman–Crippen MR) is 102 cm³/mol. The van der Waals surface area contributed by atoms with Crippen molar-refractivity contribution in [1.29, 1.82) is 0 Å². The number of anilines is 3. The van der Waals surface area contributed by atoms with Gasteiger partial charge in [0.1, 0.15) is 5.82 Å². The van der Waals surface area contributed by atoms with Crippen LogP contribution < -0.4 is 10.6 Å². The number of thiazole rings is 1. The second-order valence-electron chi connectivity index (χ2n) is 6.54. The molecule has 0 unspecified atom stereocenters. The highest BCUT2D eigenvalue weighted by atomic mass is 32.1. The van der Waals surface area contributed by atoms with Gasteiger partial charge < -0.3 is 15.7 Å². The molecular weight excluding hydrogens is 334 g/mol. The Kier molecular flexibility index (Phi) is 4.27. The molecule has 1 aliphatic carbocycles. The highest BCUT2D eigenvalue weighted by molar-refractivity contribution is 7.18. The molecule has 0 spiro atoms. The predicted octanol–water partition coefficient (Wildman–Crippen LogP) is 3.81. The van der Waals surface area contributed by atoms with Crippen LogP contribution in [-0.2, 0) is 0 Å². The van der Waals surface area contributed by atoms with E-state index in [0.29, 0.717) is 11.9 Å². The lowest BCUT2D eigenvalue weighted by atomic mass is 10.2. The molecule has 0 bridgehead atoms. The van der Waals surface area contributed by atoms with Crippen molar-refractivity contribution in [3.05, 3.63) is 35.0 Å². The van der Waals surface area contributed by atoms with Gasteiger partial charge >= 0.3 is 0 Å². The minimum absolute atomic E-state index is 0.0413. The minimum Gasteiger partial charge on any atom is -0.394 e. The van der Waals surface area contributed by atoms with Crippen LogP contribution >= 0.6 is 11.3 Å². The number of aliphatic hydroxyl groups excluding tert-OH is 1. The van der Waals surface area contributed by atoms with Crippen molar-refractivity contribution >= 4 is 39.0 Å². The molecule has 2 aromatic heterocycles. The van der Waals surface area contributed by atoms with Crippen LogP contribution in [0.15, 0.2) is 24.3 Å². The van der Waals surface area contributed by atoms with Crippen molar-refractivity contribution in [3.63, 3.8) is 0 Å². The van der Waals surface area contributed by atoms with Gasteiger partial charge in [-0.05, 0) is 44.9 Å². The van der Waals surface area contributed by atoms with Crippen molar-refractivity contribution in [2.75, 3.05) is 17.2 Å². The molecule has 0 amide bonds. The molecule has 1 fully saturated rings. The van der Waals surface area contributed by atoms with Crippen LogP contribution in [0.4, 0.5) is 17.5 Å². The van der Waals surface area contributed by atoms with E-state index in [9.17, 15) is 5.11 Å². The number of hydrogen-bond donors (Lipinski definition) is 3. The third-order valence-corrected chi connectivity index (χ3v) is 5.11. The number of rotatable bonds is 6. The maximum absolute atomic E-state index is 9.25. The van der Waals surface area contributed by atoms with E-state index in [-0.39, 0.29) is 12.6 Å². The number of fused-ring (bicyclic) bond motifs is 1. The fourth-order valence-electron chi connectivity index (χ4n) is 2.72. The highest BCUT2D eigenvalue weighted by Gasteiger charge is 2.26. The average Bonchev–Trinajstić information content (AvgIpc) is 3.36. The first kappa shape index (κ1) is 16.2. The summed E-state index contributed by atoms with van der Waals surface area (Å²) in [6.45, 7) is 3.96. The smallest absolute Gasteiger partial charge is 0.225 e. The summed E-state index contributed by atoms with van der Waals surface area (Å²) >= 11 is 1.70. The molecule has 0 aliphatic heterocycles. The summed E-state index contributed by atoms with van der Waals surface area (Å²) in [5.74, 6) is 1.84. The average molecular weight is 355 g/mol. The Bertz CT molecular complexity index is 906. The molecular formula is C18H21N5OS. The van der Waals surface area contributed by atoms with E-state index in [1.165, 1.54) is 17.5 Å². The molecule has 25 heavy (non-hydrogen) atoms. The first-order valence-corrected chi connectivity index (χ1v) is 9.33. The molecule has 3 N–H and O–H groups in total. The summed E-state index contributed by atoms with van der Waals surface area (Å²) in [7, 11) is 0. The van der Waals surface area contributed by atoms with Gasteiger partial charge in [-0.3, -0.25) is 0 Å². The van der Waals surface area contributed by atoms with Crippen LogP contribution in [0.3, 0.4) is 0 Å². The largest absolute Gasteiger partial charge is 0.394 e. The molecule has 3 aromatic rings. The van der Waals surface area contributed by atoms with Crippen LogP contribution in [0.2, 0.25) is 0 Å². The summed E-state index contributed by atoms with van der Waals surface area (Å²) in [6, 6.07) is 8.10. The van der Waals surface area contributed by atoms with E-state index in [0.717, 1.165) is 27.7 Å². The van der Waals surface area contributed by atoms with E-state index in [1.54, 1.807) is 11.3 Å². The Morgan fingerprint density at radius 1 is 1.24 bits per heavy atom. The van der Waals surface area contributed by atoms with Crippen LogP contribution in [0.1, 0.15) is 36.4 Å². The SMILES string of the molecule is Cc1nc2cc(Nc3cc(C4CC4)nc(N[C@@H](C)CO)n3)ccc2s1. The summed E-state index contributed by atoms with van der Waals surface area (Å²) in [5, 5.41) is 16.8. The Balaban J connectivity index is 1.63. The second-order valence-corrected chi connectivity index (χ2v) is 7.78. The normalized spacial score (nSPS) is 15.3. The third kappa shape index (κ3) is 3.72. The Morgan fingerprint density at radius 2 is 2.08 bits per heavy atom. The maximum Gasteiger partial charge on any atom is 0.225 e. The molecule has 2 heterocycles. The van der Waals surface area contributed by atoms with Gasteiger partial charge in [0.15, 0.2) is 0 Å². The molecule has 1 saturated carbocycles. The van der Waals surface area contributed by atoms with Gasteiger partial charge in [0.25, 0.3) is 0 Å². The van der Waals surface area contributed by atoms with Gasteiger partial charge in [0.05, 0.1) is 27.5 Å². The summed E-state index contributed by atoms with van der Waals surface area (Å²) < 4.78 is 1.18. The van der Waals surface area contributed by atoms with Gasteiger partial charge in [-0.2, -0.15) is 4.98 Å². The third-order valence-electron chi connectivity index (χ3n) is 4.16. The maximum atomic E-state index is 9.25. The fraction of sp³-hybridized carbons (Fsp3) is 0.389. The molecule has 4 rings (SSSR count). The van der Waals surface area contributed by atoms with Gasteiger partial charge in [0, 0.05) is 23.7 Å². The topological polar surface area (TPSA) is 83.0 Å². The van der Waals surface area contributed by atoms with Crippen LogP contribution in [0, 0.1) is 6.92 Å². The first-order chi connectivity index (χ1) is 12.1. The summed E-state index contributed by atoms with van der Waals surface area (Å²) in [4.78, 5) is 13.7. The molecule has 1 atom stereocenters. The number of aryl methyl sites for hydroxylation is 1. The van der Waals surface area contributed by atoms with E-state index in [1.807, 2.05) is 32.0 Å². The molecule has 6 nitrogen and oxygen atoms in total. The minimum atomic E-state index is -0.0864. The molecule has 7 heteroatoms. The number of nitrogens with zero attached hydrogens (tertiary/aromatic N) is 3. The highest BCUT2D eigenvalue weighted by Crippen LogP contribution is 2.40. The summed E-state index contributed by atoms with van der Waals surface area (Å²) in [5.41, 5.74) is 3.01. The number of hydrogen-bond acceptors (Lipinski definition) is 7. The van der Waals surface area contributed by atoms with Gasteiger partial charge in [-0.25, -0.2) is 9.97 Å². The number of aliphatic hydroxyl groups is 1. The van der Waals surface area contributed by atoms with Gasteiger partial charge in [-0.15, -0.1) is 11.3 Å². The monoisotopic (exact) mass is 355 g/mol. The number of nitrogens with one attached hydrogen (secondary N) is 2. The zero-order valence-corrected chi connectivity index (χ0v) is 15.1. The lowest BCUT2D eigenvalue weighted by Gasteiger charge is -2.14. The van der Waals surface area contributed by atoms with Gasteiger partial charge in [0.2, 0.25) is 5.95 Å². The standard InChI is InChI=1S/C18H21N5OS/c1-10(9-24)19-18-22-14(12-3-4-12)8-17(23-18)21-13-5-6-16-15(7-13)20-11(2)25-16/h5-8,10,12,24H,3-4,9H2,1-2H3,(H2,19,21,22,23)/t10-/m0/s1. The van der Waals surface area contributed by atoms with Crippen LogP contribution in [0.25, 0.3) is 10.2 Å². The fourth-order valence-corrected chi connectivity index (χ4v) is 3.52. The molecule has 130 valence electrons. The van der Waals surface area contributed by atoms with Crippen molar-refractivity contribution in [2.45, 2.75) is 38.6 Å². The number of aromatic nitrogens is 3. The van der Waals surface area contributed by atoms with Crippen LogP contribution in [-0.4, -0.2) is 32.7 Å². The van der Waals surface area contributed by atoms with E-state index < -0.39 is 0 Å². The van der Waals surface area contributed by atoms with Crippen molar-refractivity contribution < 1.29 is 5.11 Å². The Labute approximate surface area is 150 Å². The van der Waals surface area contributed by atoms with Crippen molar-refractivity contribution in [1.82, 2.24) is 15.0 Å². The van der Waals surface area contributed by atoms with E-state index in [4.69, 9.17) is 0 Å². The summed E-state index contributed by atoms with van der Waals surface area (Å²) in [6.07, 6.45) is 2.35. The lowest BCUT2D eigenvalue weighted by molar-refractivity contribution is 0.281. The molecule has 1 aromatic carbocycles. The van der Waals surface area contributed by atoms with E-state index >= 15 is 0 Å². The molecule has 0 saturated heterocycles. The number of benzene rings is 1. The van der Waals surface area contributed by atoms with E-state index in [2.05, 4.69) is 31.7 Å². The molecule has 0 radical (unpaired) electrons. The Hall–Kier alpha value is -2.25. The quantitative estimate of drug-likeness (QED) is 0.624. The lowest BCUT2D eigenvalue weighted by Crippen LogP contribution is -2.21. The first-order valence-electron chi connectivity index (χ1n) is 8.51. The van der Waals surface area contributed by atoms with Crippen LogP contribution in [0.5, 0.6) is 0 Å². The van der Waals surface area contributed by atoms with Crippen molar-refractivity contribution in [3.8, 4) is 0 Å². The zero-order chi connectivity index (χ0) is 17.4.